The van der Waals surface area contributed by atoms with Crippen LogP contribution in [0.1, 0.15) is 5.56 Å². The van der Waals surface area contributed by atoms with Crippen LogP contribution in [0.4, 0.5) is 0 Å². The molecule has 0 bridgehead atoms. The Labute approximate surface area is 163 Å². The van der Waals surface area contributed by atoms with Crippen LogP contribution < -0.4 is 0 Å². The smallest absolute Gasteiger partial charge is 0.229 e. The van der Waals surface area contributed by atoms with Gasteiger partial charge in [-0.1, -0.05) is 40.9 Å². The summed E-state index contributed by atoms with van der Waals surface area (Å²) in [6.45, 7) is 0. The normalized spacial score (nSPS) is 11.3. The molecule has 0 aliphatic rings. The van der Waals surface area contributed by atoms with E-state index in [0.717, 1.165) is 21.5 Å². The van der Waals surface area contributed by atoms with Gasteiger partial charge in [0.2, 0.25) is 5.95 Å². The van der Waals surface area contributed by atoms with Gasteiger partial charge in [0.25, 0.3) is 0 Å². The van der Waals surface area contributed by atoms with E-state index in [0.29, 0.717) is 26.8 Å². The van der Waals surface area contributed by atoms with Gasteiger partial charge in [-0.25, -0.2) is 9.67 Å². The van der Waals surface area contributed by atoms with Crippen LogP contribution in [-0.4, -0.2) is 19.7 Å². The fraction of sp³-hybridized carbons (Fsp3) is 0.0588. The van der Waals surface area contributed by atoms with Crippen molar-refractivity contribution in [3.05, 3.63) is 69.4 Å². The quantitative estimate of drug-likeness (QED) is 0.420. The van der Waals surface area contributed by atoms with E-state index in [1.165, 1.54) is 0 Å². The maximum absolute atomic E-state index is 6.43. The summed E-state index contributed by atoms with van der Waals surface area (Å²) >= 11 is 20.5. The van der Waals surface area contributed by atoms with Crippen LogP contribution in [0.15, 0.2) is 53.7 Å². The average Bonchev–Trinajstić information content (AvgIpc) is 3.23. The fourth-order valence-corrected chi connectivity index (χ4v) is 4.45. The number of nitrogens with zero attached hydrogens (tertiary/aromatic N) is 3. The molecule has 2 aromatic carbocycles. The topological polar surface area (TPSA) is 46.5 Å². The maximum atomic E-state index is 6.43. The molecule has 4 rings (SSSR count). The standard InChI is InChI=1S/C17H11Cl3N4S/c18-11-3-1-4-12(19)10(11)9-25-16-8-15-14(7-13(16)20)22-17(23-15)24-6-2-5-21-24/h1-8H,9H2,(H,22,23). The largest absolute Gasteiger partial charge is 0.322 e. The van der Waals surface area contributed by atoms with Crippen molar-refractivity contribution in [1.82, 2.24) is 19.7 Å². The van der Waals surface area contributed by atoms with Crippen LogP contribution >= 0.6 is 46.6 Å². The SMILES string of the molecule is Clc1cc2[nH]c(-n3cccn3)nc2cc1SCc1c(Cl)cccc1Cl. The molecule has 2 aromatic heterocycles. The van der Waals surface area contributed by atoms with Gasteiger partial charge < -0.3 is 4.98 Å². The monoisotopic (exact) mass is 408 g/mol. The highest BCUT2D eigenvalue weighted by molar-refractivity contribution is 7.98. The average molecular weight is 410 g/mol. The zero-order chi connectivity index (χ0) is 17.4. The minimum Gasteiger partial charge on any atom is -0.322 e. The zero-order valence-electron chi connectivity index (χ0n) is 12.7. The van der Waals surface area contributed by atoms with Crippen molar-refractivity contribution in [2.75, 3.05) is 0 Å². The van der Waals surface area contributed by atoms with Crippen LogP contribution in [0.3, 0.4) is 0 Å². The summed E-state index contributed by atoms with van der Waals surface area (Å²) in [5.41, 5.74) is 2.57. The van der Waals surface area contributed by atoms with Crippen LogP contribution in [0, 0.1) is 0 Å². The van der Waals surface area contributed by atoms with Gasteiger partial charge >= 0.3 is 0 Å². The predicted molar refractivity (Wildman–Crippen MR) is 104 cm³/mol. The zero-order valence-corrected chi connectivity index (χ0v) is 15.8. The minimum atomic E-state index is 0.625. The third-order valence-electron chi connectivity index (χ3n) is 3.68. The molecule has 8 heteroatoms. The van der Waals surface area contributed by atoms with Crippen molar-refractivity contribution in [2.24, 2.45) is 0 Å². The molecule has 2 heterocycles. The molecule has 0 saturated carbocycles. The van der Waals surface area contributed by atoms with Gasteiger partial charge in [0.15, 0.2) is 0 Å². The molecule has 25 heavy (non-hydrogen) atoms. The molecule has 0 aliphatic heterocycles. The van der Waals surface area contributed by atoms with E-state index in [1.807, 2.05) is 42.6 Å². The summed E-state index contributed by atoms with van der Waals surface area (Å²) < 4.78 is 1.67. The number of rotatable bonds is 4. The summed E-state index contributed by atoms with van der Waals surface area (Å²) in [5.74, 6) is 1.27. The molecule has 0 radical (unpaired) electrons. The second-order valence-corrected chi connectivity index (χ2v) is 7.54. The molecular formula is C17H11Cl3N4S. The van der Waals surface area contributed by atoms with Gasteiger partial charge in [0.05, 0.1) is 16.1 Å². The Kier molecular flexibility index (Phi) is 4.65. The molecule has 0 fully saturated rings. The van der Waals surface area contributed by atoms with Crippen LogP contribution in [0.5, 0.6) is 0 Å². The Morgan fingerprint density at radius 3 is 2.56 bits per heavy atom. The molecule has 0 unspecified atom stereocenters. The van der Waals surface area contributed by atoms with Gasteiger partial charge in [-0.3, -0.25) is 0 Å². The molecule has 126 valence electrons. The Hall–Kier alpha value is -1.66. The van der Waals surface area contributed by atoms with E-state index >= 15 is 0 Å². The number of thioether (sulfide) groups is 1. The summed E-state index contributed by atoms with van der Waals surface area (Å²) in [7, 11) is 0. The Morgan fingerprint density at radius 2 is 1.84 bits per heavy atom. The van der Waals surface area contributed by atoms with Crippen LogP contribution in [0.2, 0.25) is 15.1 Å². The molecule has 1 N–H and O–H groups in total. The highest BCUT2D eigenvalue weighted by Crippen LogP contribution is 2.36. The lowest BCUT2D eigenvalue weighted by atomic mass is 10.2. The van der Waals surface area contributed by atoms with Gasteiger partial charge in [0.1, 0.15) is 0 Å². The molecule has 0 atom stereocenters. The third-order valence-corrected chi connectivity index (χ3v) is 5.89. The van der Waals surface area contributed by atoms with E-state index in [9.17, 15) is 0 Å². The Balaban J connectivity index is 1.64. The molecule has 0 saturated heterocycles. The number of nitrogens with one attached hydrogen (secondary N) is 1. The van der Waals surface area contributed by atoms with E-state index < -0.39 is 0 Å². The molecule has 0 spiro atoms. The number of benzene rings is 2. The lowest BCUT2D eigenvalue weighted by Crippen LogP contribution is -1.95. The minimum absolute atomic E-state index is 0.625. The number of fused-ring (bicyclic) bond motifs is 1. The second-order valence-electron chi connectivity index (χ2n) is 5.30. The summed E-state index contributed by atoms with van der Waals surface area (Å²) in [5, 5.41) is 6.13. The third kappa shape index (κ3) is 3.37. The lowest BCUT2D eigenvalue weighted by molar-refractivity contribution is 0.829. The van der Waals surface area contributed by atoms with E-state index in [1.54, 1.807) is 22.6 Å². The van der Waals surface area contributed by atoms with Gasteiger partial charge in [-0.2, -0.15) is 5.10 Å². The number of halogens is 3. The summed E-state index contributed by atoms with van der Waals surface area (Å²) in [6, 6.07) is 11.2. The fourth-order valence-electron chi connectivity index (χ4n) is 2.43. The first-order valence-electron chi connectivity index (χ1n) is 7.37. The first-order chi connectivity index (χ1) is 12.1. The van der Waals surface area contributed by atoms with E-state index in [-0.39, 0.29) is 0 Å². The number of hydrogen-bond donors (Lipinski definition) is 1. The van der Waals surface area contributed by atoms with Crippen molar-refractivity contribution in [2.45, 2.75) is 10.6 Å². The van der Waals surface area contributed by atoms with Crippen molar-refractivity contribution in [1.29, 1.82) is 0 Å². The van der Waals surface area contributed by atoms with Gasteiger partial charge in [-0.05, 0) is 35.9 Å². The number of hydrogen-bond acceptors (Lipinski definition) is 3. The highest BCUT2D eigenvalue weighted by atomic mass is 35.5. The lowest BCUT2D eigenvalue weighted by Gasteiger charge is -2.08. The summed E-state index contributed by atoms with van der Waals surface area (Å²) in [6.07, 6.45) is 3.53. The van der Waals surface area contributed by atoms with Crippen molar-refractivity contribution in [3.8, 4) is 5.95 Å². The first-order valence-corrected chi connectivity index (χ1v) is 9.49. The number of imidazole rings is 1. The molecule has 0 amide bonds. The second kappa shape index (κ2) is 6.92. The Bertz CT molecular complexity index is 1020. The van der Waals surface area contributed by atoms with Crippen LogP contribution in [-0.2, 0) is 5.75 Å². The summed E-state index contributed by atoms with van der Waals surface area (Å²) in [4.78, 5) is 8.70. The van der Waals surface area contributed by atoms with Crippen LogP contribution in [0.25, 0.3) is 17.0 Å². The molecular weight excluding hydrogens is 399 g/mol. The van der Waals surface area contributed by atoms with Gasteiger partial charge in [0, 0.05) is 33.1 Å². The van der Waals surface area contributed by atoms with E-state index in [2.05, 4.69) is 15.1 Å². The van der Waals surface area contributed by atoms with Gasteiger partial charge in [-0.15, -0.1) is 11.8 Å². The highest BCUT2D eigenvalue weighted by Gasteiger charge is 2.12. The predicted octanol–water partition coefficient (Wildman–Crippen LogP) is 6.00. The maximum Gasteiger partial charge on any atom is 0.229 e. The molecule has 4 aromatic rings. The van der Waals surface area contributed by atoms with E-state index in [4.69, 9.17) is 34.8 Å². The first kappa shape index (κ1) is 16.8. The number of aromatic amines is 1. The van der Waals surface area contributed by atoms with Crippen molar-refractivity contribution >= 4 is 57.6 Å². The number of H-pyrrole nitrogens is 1. The van der Waals surface area contributed by atoms with Crippen molar-refractivity contribution in [3.63, 3.8) is 0 Å². The molecule has 4 nitrogen and oxygen atoms in total. The number of aromatic nitrogens is 4. The van der Waals surface area contributed by atoms with Crippen molar-refractivity contribution < 1.29 is 0 Å². The Morgan fingerprint density at radius 1 is 1.04 bits per heavy atom. The molecule has 0 aliphatic carbocycles.